The molecule has 1 aliphatic rings. The fourth-order valence-electron chi connectivity index (χ4n) is 3.82. The molecule has 0 aliphatic carbocycles. The van der Waals surface area contributed by atoms with Crippen LogP contribution < -0.4 is 4.74 Å². The Balaban J connectivity index is 1.76. The summed E-state index contributed by atoms with van der Waals surface area (Å²) in [7, 11) is 0. The van der Waals surface area contributed by atoms with E-state index in [1.54, 1.807) is 18.5 Å². The molecule has 2 heterocycles. The van der Waals surface area contributed by atoms with Crippen molar-refractivity contribution in [1.29, 1.82) is 5.26 Å². The van der Waals surface area contributed by atoms with Crippen LogP contribution in [0.25, 0.3) is 0 Å². The number of ether oxygens (including phenoxy) is 3. The Hall–Kier alpha value is -3.21. The molecule has 3 atom stereocenters. The lowest BCUT2D eigenvalue weighted by Gasteiger charge is -2.43. The van der Waals surface area contributed by atoms with Crippen LogP contribution in [0.1, 0.15) is 55.9 Å². The van der Waals surface area contributed by atoms with E-state index in [0.29, 0.717) is 30.8 Å². The van der Waals surface area contributed by atoms with Crippen LogP contribution in [0.3, 0.4) is 0 Å². The molecule has 0 saturated carbocycles. The smallest absolute Gasteiger partial charge is 0.303 e. The van der Waals surface area contributed by atoms with Crippen LogP contribution in [-0.4, -0.2) is 34.6 Å². The minimum Gasteiger partial charge on any atom is -0.481 e. The van der Waals surface area contributed by atoms with E-state index in [1.165, 1.54) is 0 Å². The highest BCUT2D eigenvalue weighted by Crippen LogP contribution is 2.39. The SMILES string of the molecule is Cc1cccc(C#N)c1OC(C)(C)[C@H]1OC[C@@H](C/C=C\CCC(=O)O)[C@@H](c2cccnc2)O1. The summed E-state index contributed by atoms with van der Waals surface area (Å²) < 4.78 is 18.8. The van der Waals surface area contributed by atoms with Gasteiger partial charge < -0.3 is 19.3 Å². The van der Waals surface area contributed by atoms with Gasteiger partial charge in [0.25, 0.3) is 0 Å². The Kier molecular flexibility index (Phi) is 8.21. The molecule has 7 nitrogen and oxygen atoms in total. The summed E-state index contributed by atoms with van der Waals surface area (Å²) in [5.74, 6) is -0.246. The Morgan fingerprint density at radius 3 is 2.85 bits per heavy atom. The van der Waals surface area contributed by atoms with Crippen LogP contribution in [0.5, 0.6) is 5.75 Å². The fraction of sp³-hybridized carbons (Fsp3) is 0.423. The van der Waals surface area contributed by atoms with Crippen LogP contribution in [0, 0.1) is 24.2 Å². The second-order valence-electron chi connectivity index (χ2n) is 8.68. The van der Waals surface area contributed by atoms with Crippen LogP contribution in [0.2, 0.25) is 0 Å². The first-order chi connectivity index (χ1) is 15.8. The van der Waals surface area contributed by atoms with E-state index >= 15 is 0 Å². The topological polar surface area (TPSA) is 102 Å². The molecule has 33 heavy (non-hydrogen) atoms. The molecule has 174 valence electrons. The second kappa shape index (κ2) is 11.1. The number of allylic oxidation sites excluding steroid dienone is 2. The van der Waals surface area contributed by atoms with E-state index < -0.39 is 17.9 Å². The van der Waals surface area contributed by atoms with Gasteiger partial charge in [-0.25, -0.2) is 0 Å². The van der Waals surface area contributed by atoms with E-state index in [1.807, 2.05) is 57.2 Å². The van der Waals surface area contributed by atoms with Crippen molar-refractivity contribution in [3.8, 4) is 11.8 Å². The second-order valence-corrected chi connectivity index (χ2v) is 8.68. The number of aliphatic carboxylic acids is 1. The predicted molar refractivity (Wildman–Crippen MR) is 123 cm³/mol. The third-order valence-electron chi connectivity index (χ3n) is 5.57. The van der Waals surface area contributed by atoms with Gasteiger partial charge in [0.05, 0.1) is 18.3 Å². The highest BCUT2D eigenvalue weighted by molar-refractivity contribution is 5.66. The van der Waals surface area contributed by atoms with Gasteiger partial charge in [0.15, 0.2) is 11.9 Å². The largest absolute Gasteiger partial charge is 0.481 e. The van der Waals surface area contributed by atoms with Gasteiger partial charge in [-0.3, -0.25) is 9.78 Å². The normalized spacial score (nSPS) is 21.0. The van der Waals surface area contributed by atoms with Crippen molar-refractivity contribution in [2.75, 3.05) is 6.61 Å². The number of aromatic nitrogens is 1. The van der Waals surface area contributed by atoms with Gasteiger partial charge >= 0.3 is 5.97 Å². The number of rotatable bonds is 9. The first-order valence-corrected chi connectivity index (χ1v) is 11.0. The Labute approximate surface area is 194 Å². The van der Waals surface area contributed by atoms with Crippen molar-refractivity contribution in [3.05, 3.63) is 71.6 Å². The molecule has 2 aromatic rings. The van der Waals surface area contributed by atoms with Gasteiger partial charge in [0.2, 0.25) is 0 Å². The molecule has 0 amide bonds. The molecule has 1 aromatic heterocycles. The van der Waals surface area contributed by atoms with Crippen molar-refractivity contribution in [3.63, 3.8) is 0 Å². The molecule has 1 fully saturated rings. The maximum atomic E-state index is 10.7. The van der Waals surface area contributed by atoms with Crippen LogP contribution in [0.15, 0.2) is 54.9 Å². The molecular weight excluding hydrogens is 420 g/mol. The highest BCUT2D eigenvalue weighted by Gasteiger charge is 2.42. The summed E-state index contributed by atoms with van der Waals surface area (Å²) in [4.78, 5) is 15.0. The zero-order chi connectivity index (χ0) is 23.8. The maximum Gasteiger partial charge on any atom is 0.303 e. The zero-order valence-corrected chi connectivity index (χ0v) is 19.2. The quantitative estimate of drug-likeness (QED) is 0.539. The van der Waals surface area contributed by atoms with Gasteiger partial charge in [-0.15, -0.1) is 0 Å². The number of aryl methyl sites for hydroxylation is 1. The van der Waals surface area contributed by atoms with Gasteiger partial charge in [0, 0.05) is 24.7 Å². The fourth-order valence-corrected chi connectivity index (χ4v) is 3.82. The summed E-state index contributed by atoms with van der Waals surface area (Å²) in [5.41, 5.74) is 1.41. The lowest BCUT2D eigenvalue weighted by atomic mass is 9.92. The summed E-state index contributed by atoms with van der Waals surface area (Å²) in [6.45, 7) is 6.12. The van der Waals surface area contributed by atoms with E-state index in [-0.39, 0.29) is 18.4 Å². The van der Waals surface area contributed by atoms with Gasteiger partial charge in [-0.05, 0) is 56.9 Å². The van der Waals surface area contributed by atoms with E-state index in [4.69, 9.17) is 19.3 Å². The van der Waals surface area contributed by atoms with E-state index in [9.17, 15) is 10.1 Å². The number of hydrogen-bond acceptors (Lipinski definition) is 6. The number of pyridine rings is 1. The minimum absolute atomic E-state index is 0.0375. The average Bonchev–Trinajstić information content (AvgIpc) is 2.80. The van der Waals surface area contributed by atoms with E-state index in [0.717, 1.165) is 11.1 Å². The first-order valence-electron chi connectivity index (χ1n) is 11.0. The molecule has 1 aliphatic heterocycles. The summed E-state index contributed by atoms with van der Waals surface area (Å²) >= 11 is 0. The highest BCUT2D eigenvalue weighted by atomic mass is 16.7. The van der Waals surface area contributed by atoms with Crippen molar-refractivity contribution < 1.29 is 24.1 Å². The summed E-state index contributed by atoms with van der Waals surface area (Å²) in [6.07, 6.45) is 7.72. The van der Waals surface area contributed by atoms with Crippen LogP contribution in [-0.2, 0) is 14.3 Å². The van der Waals surface area contributed by atoms with Crippen molar-refractivity contribution in [2.24, 2.45) is 5.92 Å². The lowest BCUT2D eigenvalue weighted by molar-refractivity contribution is -0.288. The lowest BCUT2D eigenvalue weighted by Crippen LogP contribution is -2.50. The van der Waals surface area contributed by atoms with Crippen molar-refractivity contribution >= 4 is 5.97 Å². The maximum absolute atomic E-state index is 10.7. The van der Waals surface area contributed by atoms with Gasteiger partial charge in [-0.2, -0.15) is 5.26 Å². The number of nitriles is 1. The summed E-state index contributed by atoms with van der Waals surface area (Å²) in [6, 6.07) is 11.5. The molecule has 0 unspecified atom stereocenters. The number of para-hydroxylation sites is 1. The van der Waals surface area contributed by atoms with Crippen molar-refractivity contribution in [2.45, 2.75) is 58.0 Å². The first kappa shape index (κ1) is 24.4. The number of carboxylic acids is 1. The van der Waals surface area contributed by atoms with Crippen LogP contribution in [0.4, 0.5) is 0 Å². The zero-order valence-electron chi connectivity index (χ0n) is 19.2. The molecule has 1 N–H and O–H groups in total. The molecule has 0 bridgehead atoms. The number of benzene rings is 1. The van der Waals surface area contributed by atoms with Gasteiger partial charge in [-0.1, -0.05) is 30.4 Å². The molecular formula is C26H30N2O5. The minimum atomic E-state index is -0.861. The Morgan fingerprint density at radius 1 is 1.33 bits per heavy atom. The average molecular weight is 451 g/mol. The monoisotopic (exact) mass is 450 g/mol. The molecule has 3 rings (SSSR count). The van der Waals surface area contributed by atoms with Crippen molar-refractivity contribution in [1.82, 2.24) is 4.98 Å². The standard InChI is InChI=1S/C26H30N2O5/c1-18-9-7-11-19(15-27)23(18)33-26(2,3)25-31-17-21(10-5-4-6-13-22(29)30)24(32-25)20-12-8-14-28-16-20/h4-5,7-9,11-12,14,16,21,24-25H,6,10,13,17H2,1-3H3,(H,29,30)/b5-4-/t21-,24-,25+/m1/s1. The van der Waals surface area contributed by atoms with Gasteiger partial charge in [0.1, 0.15) is 11.8 Å². The predicted octanol–water partition coefficient (Wildman–Crippen LogP) is 4.96. The molecule has 1 saturated heterocycles. The molecule has 7 heteroatoms. The number of carbonyl (C=O) groups is 1. The summed E-state index contributed by atoms with van der Waals surface area (Å²) in [5, 5.41) is 18.3. The molecule has 0 radical (unpaired) electrons. The number of carboxylic acid groups (broad SMARTS) is 1. The third-order valence-corrected chi connectivity index (χ3v) is 5.57. The van der Waals surface area contributed by atoms with Crippen LogP contribution >= 0.6 is 0 Å². The number of hydrogen-bond donors (Lipinski definition) is 1. The Morgan fingerprint density at radius 2 is 2.15 bits per heavy atom. The molecule has 1 aromatic carbocycles. The van der Waals surface area contributed by atoms with E-state index in [2.05, 4.69) is 11.1 Å². The Bertz CT molecular complexity index is 1010. The third kappa shape index (κ3) is 6.41. The molecule has 0 spiro atoms. The number of nitrogens with zero attached hydrogens (tertiary/aromatic N) is 2.